The van der Waals surface area contributed by atoms with Crippen LogP contribution in [-0.4, -0.2) is 7.11 Å². The highest BCUT2D eigenvalue weighted by molar-refractivity contribution is 6.39. The van der Waals surface area contributed by atoms with E-state index in [0.29, 0.717) is 15.6 Å². The highest BCUT2D eigenvalue weighted by Gasteiger charge is 2.11. The van der Waals surface area contributed by atoms with Crippen LogP contribution in [0.15, 0.2) is 36.4 Å². The smallest absolute Gasteiger partial charge is 0.165 e. The summed E-state index contributed by atoms with van der Waals surface area (Å²) in [7, 11) is 1.41. The summed E-state index contributed by atoms with van der Waals surface area (Å²) in [5.74, 6) is -0.252. The van der Waals surface area contributed by atoms with Crippen molar-refractivity contribution in [1.29, 1.82) is 0 Å². The molecule has 0 atom stereocenters. The van der Waals surface area contributed by atoms with E-state index < -0.39 is 5.82 Å². The Morgan fingerprint density at radius 1 is 1.06 bits per heavy atom. The summed E-state index contributed by atoms with van der Waals surface area (Å²) in [4.78, 5) is 0. The van der Waals surface area contributed by atoms with Crippen molar-refractivity contribution in [2.24, 2.45) is 0 Å². The monoisotopic (exact) mass is 270 g/mol. The van der Waals surface area contributed by atoms with Crippen molar-refractivity contribution in [3.8, 4) is 16.9 Å². The van der Waals surface area contributed by atoms with Crippen LogP contribution < -0.4 is 4.74 Å². The Kier molecular flexibility index (Phi) is 3.55. The van der Waals surface area contributed by atoms with E-state index in [1.165, 1.54) is 13.2 Å². The van der Waals surface area contributed by atoms with Gasteiger partial charge in [0.15, 0.2) is 11.6 Å². The molecule has 2 aromatic carbocycles. The SMILES string of the molecule is COc1cc(-c2c(Cl)cccc2Cl)ccc1F. The lowest BCUT2D eigenvalue weighted by Gasteiger charge is -2.09. The molecule has 0 unspecified atom stereocenters. The number of ether oxygens (including phenoxy) is 1. The minimum absolute atomic E-state index is 0.165. The molecule has 0 N–H and O–H groups in total. The highest BCUT2D eigenvalue weighted by atomic mass is 35.5. The summed E-state index contributed by atoms with van der Waals surface area (Å²) in [6.45, 7) is 0. The second-order valence-corrected chi connectivity index (χ2v) is 4.26. The quantitative estimate of drug-likeness (QED) is 0.761. The van der Waals surface area contributed by atoms with Crippen LogP contribution in [0.3, 0.4) is 0 Å². The summed E-state index contributed by atoms with van der Waals surface area (Å²) < 4.78 is 18.2. The maximum absolute atomic E-state index is 13.3. The fraction of sp³-hybridized carbons (Fsp3) is 0.0769. The van der Waals surface area contributed by atoms with Crippen molar-refractivity contribution >= 4 is 23.2 Å². The second kappa shape index (κ2) is 4.94. The summed E-state index contributed by atoms with van der Waals surface area (Å²) in [6.07, 6.45) is 0. The molecule has 0 bridgehead atoms. The maximum Gasteiger partial charge on any atom is 0.165 e. The first kappa shape index (κ1) is 12.2. The van der Waals surface area contributed by atoms with Crippen LogP contribution in [0.1, 0.15) is 0 Å². The molecule has 0 heterocycles. The van der Waals surface area contributed by atoms with Gasteiger partial charge in [0.25, 0.3) is 0 Å². The maximum atomic E-state index is 13.3. The van der Waals surface area contributed by atoms with E-state index in [0.717, 1.165) is 5.56 Å². The van der Waals surface area contributed by atoms with Crippen LogP contribution in [0.4, 0.5) is 4.39 Å². The fourth-order valence-corrected chi connectivity index (χ4v) is 2.20. The van der Waals surface area contributed by atoms with E-state index >= 15 is 0 Å². The predicted molar refractivity (Wildman–Crippen MR) is 68.4 cm³/mol. The number of methoxy groups -OCH3 is 1. The normalized spacial score (nSPS) is 10.4. The molecular formula is C13H9Cl2FO. The van der Waals surface area contributed by atoms with Gasteiger partial charge in [-0.1, -0.05) is 35.3 Å². The van der Waals surface area contributed by atoms with Gasteiger partial charge in [-0.25, -0.2) is 4.39 Å². The molecule has 88 valence electrons. The molecule has 1 nitrogen and oxygen atoms in total. The van der Waals surface area contributed by atoms with Crippen LogP contribution >= 0.6 is 23.2 Å². The van der Waals surface area contributed by atoms with Crippen molar-refractivity contribution in [2.75, 3.05) is 7.11 Å². The zero-order valence-corrected chi connectivity index (χ0v) is 10.5. The Morgan fingerprint density at radius 2 is 1.71 bits per heavy atom. The molecule has 0 saturated heterocycles. The molecule has 0 amide bonds. The fourth-order valence-electron chi connectivity index (χ4n) is 1.59. The molecule has 0 fully saturated rings. The lowest BCUT2D eigenvalue weighted by atomic mass is 10.1. The van der Waals surface area contributed by atoms with Crippen LogP contribution in [0.25, 0.3) is 11.1 Å². The summed E-state index contributed by atoms with van der Waals surface area (Å²) in [6, 6.07) is 9.74. The van der Waals surface area contributed by atoms with Crippen molar-refractivity contribution in [3.05, 3.63) is 52.3 Å². The molecular weight excluding hydrogens is 262 g/mol. The van der Waals surface area contributed by atoms with Crippen LogP contribution in [0.5, 0.6) is 5.75 Å². The van der Waals surface area contributed by atoms with Crippen LogP contribution in [0, 0.1) is 5.82 Å². The molecule has 0 radical (unpaired) electrons. The molecule has 2 aromatic rings. The number of hydrogen-bond donors (Lipinski definition) is 0. The Hall–Kier alpha value is -1.25. The minimum atomic E-state index is -0.417. The third-order valence-corrected chi connectivity index (χ3v) is 3.03. The number of hydrogen-bond acceptors (Lipinski definition) is 1. The van der Waals surface area contributed by atoms with Crippen molar-refractivity contribution in [2.45, 2.75) is 0 Å². The Bertz CT molecular complexity index is 535. The second-order valence-electron chi connectivity index (χ2n) is 3.45. The van der Waals surface area contributed by atoms with Crippen LogP contribution in [0.2, 0.25) is 10.0 Å². The van der Waals surface area contributed by atoms with Gasteiger partial charge >= 0.3 is 0 Å². The van der Waals surface area contributed by atoms with E-state index in [9.17, 15) is 4.39 Å². The van der Waals surface area contributed by atoms with Gasteiger partial charge in [-0.05, 0) is 29.8 Å². The zero-order chi connectivity index (χ0) is 12.4. The molecule has 0 aromatic heterocycles. The molecule has 0 aliphatic rings. The van der Waals surface area contributed by atoms with Gasteiger partial charge in [-0.3, -0.25) is 0 Å². The van der Waals surface area contributed by atoms with Crippen molar-refractivity contribution in [1.82, 2.24) is 0 Å². The van der Waals surface area contributed by atoms with Gasteiger partial charge in [-0.2, -0.15) is 0 Å². The standard InChI is InChI=1S/C13H9Cl2FO/c1-17-12-7-8(5-6-11(12)16)13-9(14)3-2-4-10(13)15/h2-7H,1H3. The zero-order valence-electron chi connectivity index (χ0n) is 9.01. The average Bonchev–Trinajstić information content (AvgIpc) is 2.31. The molecule has 4 heteroatoms. The van der Waals surface area contributed by atoms with Gasteiger partial charge < -0.3 is 4.74 Å². The topological polar surface area (TPSA) is 9.23 Å². The largest absolute Gasteiger partial charge is 0.494 e. The first-order valence-corrected chi connectivity index (χ1v) is 5.67. The lowest BCUT2D eigenvalue weighted by molar-refractivity contribution is 0.387. The summed E-state index contributed by atoms with van der Waals surface area (Å²) in [5.41, 5.74) is 1.40. The molecule has 2 rings (SSSR count). The van der Waals surface area contributed by atoms with Gasteiger partial charge in [-0.15, -0.1) is 0 Å². The first-order valence-electron chi connectivity index (χ1n) is 4.91. The molecule has 0 aliphatic heterocycles. The third-order valence-electron chi connectivity index (χ3n) is 2.40. The van der Waals surface area contributed by atoms with E-state index in [1.54, 1.807) is 30.3 Å². The predicted octanol–water partition coefficient (Wildman–Crippen LogP) is 4.81. The number of benzene rings is 2. The molecule has 0 spiro atoms. The van der Waals surface area contributed by atoms with E-state index in [1.807, 2.05) is 0 Å². The van der Waals surface area contributed by atoms with Gasteiger partial charge in [0.05, 0.1) is 7.11 Å². The van der Waals surface area contributed by atoms with E-state index in [-0.39, 0.29) is 5.75 Å². The Morgan fingerprint density at radius 3 is 2.29 bits per heavy atom. The van der Waals surface area contributed by atoms with Crippen molar-refractivity contribution < 1.29 is 9.13 Å². The van der Waals surface area contributed by atoms with Crippen molar-refractivity contribution in [3.63, 3.8) is 0 Å². The highest BCUT2D eigenvalue weighted by Crippen LogP contribution is 2.36. The number of rotatable bonds is 2. The molecule has 0 saturated carbocycles. The summed E-state index contributed by atoms with van der Waals surface area (Å²) in [5, 5.41) is 1.04. The van der Waals surface area contributed by atoms with E-state index in [2.05, 4.69) is 0 Å². The van der Waals surface area contributed by atoms with Gasteiger partial charge in [0.1, 0.15) is 0 Å². The average molecular weight is 271 g/mol. The third kappa shape index (κ3) is 2.38. The first-order chi connectivity index (χ1) is 8.13. The lowest BCUT2D eigenvalue weighted by Crippen LogP contribution is -1.89. The summed E-state index contributed by atoms with van der Waals surface area (Å²) >= 11 is 12.2. The van der Waals surface area contributed by atoms with E-state index in [4.69, 9.17) is 27.9 Å². The Labute approximate surface area is 109 Å². The molecule has 17 heavy (non-hydrogen) atoms. The minimum Gasteiger partial charge on any atom is -0.494 e. The number of halogens is 3. The van der Waals surface area contributed by atoms with Crippen LogP contribution in [-0.2, 0) is 0 Å². The molecule has 0 aliphatic carbocycles. The van der Waals surface area contributed by atoms with Gasteiger partial charge in [0, 0.05) is 15.6 Å². The van der Waals surface area contributed by atoms with Gasteiger partial charge in [0.2, 0.25) is 0 Å². The Balaban J connectivity index is 2.61.